The number of nitrogens with zero attached hydrogens (tertiary/aromatic N) is 1. The number of nitro groups is 1. The highest BCUT2D eigenvalue weighted by Gasteiger charge is 2.18. The number of hydrogen-bond donors (Lipinski definition) is 1. The number of aliphatic hydroxyl groups is 1. The van der Waals surface area contributed by atoms with Gasteiger partial charge in [0.25, 0.3) is 0 Å². The average molecular weight is 207 g/mol. The van der Waals surface area contributed by atoms with Gasteiger partial charge in [0.05, 0.1) is 0 Å². The Bertz CT molecular complexity index is 158. The maximum Gasteiger partial charge on any atom is 0.229 e. The molecule has 1 N–H and O–H groups in total. The Labute approximate surface area is 83.0 Å². The largest absolute Gasteiger partial charge is 0.386 e. The first-order valence-electron chi connectivity index (χ1n) is 4.63. The topological polar surface area (TPSA) is 81.8 Å². The second-order valence-electron chi connectivity index (χ2n) is 2.75. The van der Waals surface area contributed by atoms with Crippen LogP contribution in [0.4, 0.5) is 0 Å². The quantitative estimate of drug-likeness (QED) is 0.354. The van der Waals surface area contributed by atoms with Crippen LogP contribution in [0, 0.1) is 10.1 Å². The molecule has 84 valence electrons. The van der Waals surface area contributed by atoms with E-state index in [9.17, 15) is 15.2 Å². The third-order valence-electron chi connectivity index (χ3n) is 1.53. The first-order chi connectivity index (χ1) is 6.60. The molecular weight excluding hydrogens is 190 g/mol. The van der Waals surface area contributed by atoms with Gasteiger partial charge in [-0.2, -0.15) is 0 Å². The molecule has 14 heavy (non-hydrogen) atoms. The van der Waals surface area contributed by atoms with E-state index in [-0.39, 0.29) is 6.42 Å². The summed E-state index contributed by atoms with van der Waals surface area (Å²) in [5.41, 5.74) is 0. The summed E-state index contributed by atoms with van der Waals surface area (Å²) in [4.78, 5) is 9.51. The van der Waals surface area contributed by atoms with E-state index in [4.69, 9.17) is 9.47 Å². The normalized spacial score (nSPS) is 13.1. The van der Waals surface area contributed by atoms with Gasteiger partial charge < -0.3 is 14.6 Å². The molecular formula is C8H17NO5. The molecule has 6 nitrogen and oxygen atoms in total. The highest BCUT2D eigenvalue weighted by atomic mass is 16.7. The van der Waals surface area contributed by atoms with Crippen LogP contribution in [0.2, 0.25) is 0 Å². The highest BCUT2D eigenvalue weighted by Crippen LogP contribution is 2.05. The Kier molecular flexibility index (Phi) is 7.27. The van der Waals surface area contributed by atoms with Crippen LogP contribution in [-0.4, -0.2) is 42.2 Å². The molecule has 0 aliphatic rings. The SMILES string of the molecule is CCOC(C[C@@H](O)C[N+](=O)[O-])OCC. The minimum Gasteiger partial charge on any atom is -0.386 e. The van der Waals surface area contributed by atoms with E-state index in [1.807, 2.05) is 0 Å². The van der Waals surface area contributed by atoms with Gasteiger partial charge in [-0.15, -0.1) is 0 Å². The van der Waals surface area contributed by atoms with E-state index in [1.165, 1.54) is 0 Å². The molecule has 0 saturated carbocycles. The lowest BCUT2D eigenvalue weighted by Gasteiger charge is -2.18. The molecule has 0 aliphatic heterocycles. The van der Waals surface area contributed by atoms with Gasteiger partial charge in [-0.3, -0.25) is 10.1 Å². The second-order valence-corrected chi connectivity index (χ2v) is 2.75. The standard InChI is InChI=1S/C8H17NO5/c1-3-13-8(14-4-2)5-7(10)6-9(11)12/h7-8,10H,3-6H2,1-2H3/t7-/m1/s1. The van der Waals surface area contributed by atoms with Crippen molar-refractivity contribution in [2.45, 2.75) is 32.7 Å². The van der Waals surface area contributed by atoms with Gasteiger partial charge in [0.15, 0.2) is 6.29 Å². The molecule has 0 saturated heterocycles. The predicted octanol–water partition coefficient (Wildman–Crippen LogP) is 0.413. The lowest BCUT2D eigenvalue weighted by Crippen LogP contribution is -2.28. The van der Waals surface area contributed by atoms with Crippen LogP contribution in [0.25, 0.3) is 0 Å². The zero-order chi connectivity index (χ0) is 11.0. The van der Waals surface area contributed by atoms with Crippen LogP contribution >= 0.6 is 0 Å². The first-order valence-corrected chi connectivity index (χ1v) is 4.63. The molecule has 0 bridgehead atoms. The Morgan fingerprint density at radius 1 is 1.36 bits per heavy atom. The maximum atomic E-state index is 10.1. The average Bonchev–Trinajstić information content (AvgIpc) is 2.03. The lowest BCUT2D eigenvalue weighted by molar-refractivity contribution is -0.491. The van der Waals surface area contributed by atoms with Crippen molar-refractivity contribution in [3.63, 3.8) is 0 Å². The minimum atomic E-state index is -1.02. The van der Waals surface area contributed by atoms with Crippen LogP contribution in [0.3, 0.4) is 0 Å². The van der Waals surface area contributed by atoms with Crippen molar-refractivity contribution >= 4 is 0 Å². The summed E-state index contributed by atoms with van der Waals surface area (Å²) >= 11 is 0. The molecule has 0 unspecified atom stereocenters. The fourth-order valence-corrected chi connectivity index (χ4v) is 1.02. The number of aliphatic hydroxyl groups excluding tert-OH is 1. The Morgan fingerprint density at radius 3 is 2.21 bits per heavy atom. The minimum absolute atomic E-state index is 0.128. The molecule has 6 heteroatoms. The van der Waals surface area contributed by atoms with Gasteiger partial charge >= 0.3 is 0 Å². The summed E-state index contributed by atoms with van der Waals surface area (Å²) in [5, 5.41) is 19.3. The number of ether oxygens (including phenoxy) is 2. The zero-order valence-corrected chi connectivity index (χ0v) is 8.51. The highest BCUT2D eigenvalue weighted by molar-refractivity contribution is 4.56. The van der Waals surface area contributed by atoms with E-state index >= 15 is 0 Å². The maximum absolute atomic E-state index is 10.1. The van der Waals surface area contributed by atoms with Gasteiger partial charge in [-0.1, -0.05) is 0 Å². The monoisotopic (exact) mass is 207 g/mol. The molecule has 0 rings (SSSR count). The first kappa shape index (κ1) is 13.3. The van der Waals surface area contributed by atoms with Crippen LogP contribution in [0.15, 0.2) is 0 Å². The summed E-state index contributed by atoms with van der Waals surface area (Å²) in [6.07, 6.45) is -1.45. The van der Waals surface area contributed by atoms with Crippen molar-refractivity contribution in [2.24, 2.45) is 0 Å². The summed E-state index contributed by atoms with van der Waals surface area (Å²) in [7, 11) is 0. The Morgan fingerprint density at radius 2 is 1.86 bits per heavy atom. The molecule has 0 spiro atoms. The van der Waals surface area contributed by atoms with Gasteiger partial charge in [0.1, 0.15) is 6.10 Å². The molecule has 0 aliphatic carbocycles. The smallest absolute Gasteiger partial charge is 0.229 e. The number of hydrogen-bond acceptors (Lipinski definition) is 5. The fraction of sp³-hybridized carbons (Fsp3) is 1.00. The Balaban J connectivity index is 3.81. The molecule has 0 amide bonds. The van der Waals surface area contributed by atoms with E-state index in [0.29, 0.717) is 13.2 Å². The lowest BCUT2D eigenvalue weighted by atomic mass is 10.2. The molecule has 0 heterocycles. The summed E-state index contributed by atoms with van der Waals surface area (Å²) in [6.45, 7) is 4.03. The van der Waals surface area contributed by atoms with Crippen molar-refractivity contribution < 1.29 is 19.5 Å². The summed E-state index contributed by atoms with van der Waals surface area (Å²) < 4.78 is 10.3. The fourth-order valence-electron chi connectivity index (χ4n) is 1.02. The second kappa shape index (κ2) is 7.66. The van der Waals surface area contributed by atoms with Crippen LogP contribution in [-0.2, 0) is 9.47 Å². The van der Waals surface area contributed by atoms with Crippen molar-refractivity contribution in [1.82, 2.24) is 0 Å². The molecule has 1 atom stereocenters. The van der Waals surface area contributed by atoms with Gasteiger partial charge in [-0.05, 0) is 13.8 Å². The van der Waals surface area contributed by atoms with Crippen molar-refractivity contribution in [3.05, 3.63) is 10.1 Å². The van der Waals surface area contributed by atoms with E-state index in [0.717, 1.165) is 0 Å². The molecule has 0 radical (unpaired) electrons. The van der Waals surface area contributed by atoms with E-state index in [2.05, 4.69) is 0 Å². The summed E-state index contributed by atoms with van der Waals surface area (Å²) in [6, 6.07) is 0. The van der Waals surface area contributed by atoms with E-state index < -0.39 is 23.9 Å². The van der Waals surface area contributed by atoms with Crippen LogP contribution in [0.5, 0.6) is 0 Å². The molecule has 0 fully saturated rings. The predicted molar refractivity (Wildman–Crippen MR) is 49.5 cm³/mol. The zero-order valence-electron chi connectivity index (χ0n) is 8.51. The molecule has 0 aromatic rings. The van der Waals surface area contributed by atoms with Crippen molar-refractivity contribution in [1.29, 1.82) is 0 Å². The van der Waals surface area contributed by atoms with Gasteiger partial charge in [-0.25, -0.2) is 0 Å². The Hall–Kier alpha value is -0.720. The third kappa shape index (κ3) is 6.76. The van der Waals surface area contributed by atoms with Crippen molar-refractivity contribution in [2.75, 3.05) is 19.8 Å². The number of rotatable bonds is 8. The van der Waals surface area contributed by atoms with Gasteiger partial charge in [0.2, 0.25) is 6.54 Å². The van der Waals surface area contributed by atoms with E-state index in [1.54, 1.807) is 13.8 Å². The van der Waals surface area contributed by atoms with Crippen LogP contribution < -0.4 is 0 Å². The summed E-state index contributed by atoms with van der Waals surface area (Å²) in [5.74, 6) is 0. The third-order valence-corrected chi connectivity index (χ3v) is 1.53. The van der Waals surface area contributed by atoms with Crippen LogP contribution in [0.1, 0.15) is 20.3 Å². The molecule has 0 aromatic heterocycles. The molecule has 0 aromatic carbocycles. The van der Waals surface area contributed by atoms with Gasteiger partial charge in [0, 0.05) is 24.6 Å². The van der Waals surface area contributed by atoms with Crippen molar-refractivity contribution in [3.8, 4) is 0 Å².